The van der Waals surface area contributed by atoms with Gasteiger partial charge < -0.3 is 15.2 Å². The summed E-state index contributed by atoms with van der Waals surface area (Å²) in [6, 6.07) is 0.644. The fourth-order valence-electron chi connectivity index (χ4n) is 3.95. The van der Waals surface area contributed by atoms with E-state index < -0.39 is 0 Å². The van der Waals surface area contributed by atoms with Crippen LogP contribution in [0.25, 0.3) is 0 Å². The molecule has 3 atom stereocenters. The molecule has 3 unspecified atom stereocenters. The molecule has 0 spiro atoms. The average Bonchev–Trinajstić information content (AvgIpc) is 2.85. The maximum atomic E-state index is 9.70. The summed E-state index contributed by atoms with van der Waals surface area (Å²) in [6.07, 6.45) is 6.00. The number of aliphatic hydroxyl groups excluding tert-OH is 1. The van der Waals surface area contributed by atoms with Crippen molar-refractivity contribution in [2.45, 2.75) is 50.6 Å². The number of nitrogens with one attached hydrogen (secondary N) is 1. The number of likely N-dealkylation sites (tertiary alicyclic amines) is 1. The average molecular weight is 270 g/mol. The third kappa shape index (κ3) is 3.69. The van der Waals surface area contributed by atoms with Crippen LogP contribution in [0, 0.1) is 5.92 Å². The van der Waals surface area contributed by atoms with Gasteiger partial charge in [-0.25, -0.2) is 0 Å². The molecule has 2 fully saturated rings. The smallest absolute Gasteiger partial charge is 0.0613 e. The molecule has 0 radical (unpaired) electrons. The second-order valence-corrected chi connectivity index (χ2v) is 6.32. The molecule has 1 saturated carbocycles. The Morgan fingerprint density at radius 2 is 2.26 bits per heavy atom. The standard InChI is InChI=1S/C15H30N2O2/c1-3-16-15(12-18)7-6-14(9-15)17-8-4-5-13(10-17)11-19-2/h13-14,16,18H,3-12H2,1-2H3. The molecule has 1 saturated heterocycles. The van der Waals surface area contributed by atoms with Crippen molar-refractivity contribution < 1.29 is 9.84 Å². The molecule has 1 aliphatic heterocycles. The van der Waals surface area contributed by atoms with Crippen molar-refractivity contribution in [2.24, 2.45) is 5.92 Å². The van der Waals surface area contributed by atoms with Gasteiger partial charge in [-0.2, -0.15) is 0 Å². The van der Waals surface area contributed by atoms with E-state index in [1.165, 1.54) is 32.4 Å². The van der Waals surface area contributed by atoms with Gasteiger partial charge in [0.2, 0.25) is 0 Å². The Morgan fingerprint density at radius 1 is 1.42 bits per heavy atom. The number of likely N-dealkylation sites (N-methyl/N-ethyl adjacent to an activating group) is 1. The van der Waals surface area contributed by atoms with Crippen LogP contribution in [0.5, 0.6) is 0 Å². The highest BCUT2D eigenvalue weighted by molar-refractivity contribution is 4.99. The van der Waals surface area contributed by atoms with Crippen molar-refractivity contribution in [3.63, 3.8) is 0 Å². The van der Waals surface area contributed by atoms with Crippen LogP contribution in [0.4, 0.5) is 0 Å². The van der Waals surface area contributed by atoms with Crippen LogP contribution in [0.1, 0.15) is 39.0 Å². The van der Waals surface area contributed by atoms with Crippen molar-refractivity contribution in [2.75, 3.05) is 40.0 Å². The van der Waals surface area contributed by atoms with E-state index >= 15 is 0 Å². The first-order valence-corrected chi connectivity index (χ1v) is 7.82. The molecule has 0 aromatic heterocycles. The first-order valence-electron chi connectivity index (χ1n) is 7.82. The van der Waals surface area contributed by atoms with Crippen LogP contribution in [0.15, 0.2) is 0 Å². The van der Waals surface area contributed by atoms with Gasteiger partial charge >= 0.3 is 0 Å². The zero-order valence-corrected chi connectivity index (χ0v) is 12.5. The SMILES string of the molecule is CCNC1(CO)CCC(N2CCCC(COC)C2)C1. The van der Waals surface area contributed by atoms with Crippen molar-refractivity contribution >= 4 is 0 Å². The van der Waals surface area contributed by atoms with Gasteiger partial charge in [-0.1, -0.05) is 6.92 Å². The molecule has 0 amide bonds. The molecule has 112 valence electrons. The minimum atomic E-state index is -0.0202. The number of nitrogens with zero attached hydrogens (tertiary/aromatic N) is 1. The highest BCUT2D eigenvalue weighted by atomic mass is 16.5. The third-order valence-corrected chi connectivity index (χ3v) is 4.91. The first-order chi connectivity index (χ1) is 9.23. The molecule has 0 bridgehead atoms. The summed E-state index contributed by atoms with van der Waals surface area (Å²) in [5, 5.41) is 13.2. The number of hydrogen-bond donors (Lipinski definition) is 2. The van der Waals surface area contributed by atoms with Crippen LogP contribution in [-0.4, -0.2) is 61.5 Å². The molecule has 2 rings (SSSR count). The fourth-order valence-corrected chi connectivity index (χ4v) is 3.95. The van der Waals surface area contributed by atoms with Gasteiger partial charge in [-0.05, 0) is 51.1 Å². The van der Waals surface area contributed by atoms with Gasteiger partial charge in [0.15, 0.2) is 0 Å². The largest absolute Gasteiger partial charge is 0.394 e. The number of piperidine rings is 1. The second kappa shape index (κ2) is 7.02. The van der Waals surface area contributed by atoms with E-state index in [2.05, 4.69) is 17.1 Å². The number of aliphatic hydroxyl groups is 1. The Bertz CT molecular complexity index is 273. The van der Waals surface area contributed by atoms with E-state index in [1.54, 1.807) is 7.11 Å². The minimum absolute atomic E-state index is 0.0202. The van der Waals surface area contributed by atoms with Crippen LogP contribution in [0.3, 0.4) is 0 Å². The van der Waals surface area contributed by atoms with E-state index in [9.17, 15) is 5.11 Å². The van der Waals surface area contributed by atoms with Crippen molar-refractivity contribution in [1.29, 1.82) is 0 Å². The molecular formula is C15H30N2O2. The predicted molar refractivity (Wildman–Crippen MR) is 77.3 cm³/mol. The van der Waals surface area contributed by atoms with Gasteiger partial charge in [0.1, 0.15) is 0 Å². The van der Waals surface area contributed by atoms with Crippen molar-refractivity contribution in [3.8, 4) is 0 Å². The molecule has 1 aliphatic carbocycles. The molecule has 2 N–H and O–H groups in total. The third-order valence-electron chi connectivity index (χ3n) is 4.91. The molecule has 19 heavy (non-hydrogen) atoms. The summed E-state index contributed by atoms with van der Waals surface area (Å²) in [5.74, 6) is 0.696. The highest BCUT2D eigenvalue weighted by Gasteiger charge is 2.41. The predicted octanol–water partition coefficient (Wildman–Crippen LogP) is 1.24. The molecule has 1 heterocycles. The molecule has 2 aliphatic rings. The quantitative estimate of drug-likeness (QED) is 0.762. The number of rotatable bonds is 6. The number of ether oxygens (including phenoxy) is 1. The van der Waals surface area contributed by atoms with E-state index in [0.717, 1.165) is 26.0 Å². The molecule has 0 aromatic carbocycles. The second-order valence-electron chi connectivity index (χ2n) is 6.32. The molecular weight excluding hydrogens is 240 g/mol. The normalized spacial score (nSPS) is 36.8. The summed E-state index contributed by atoms with van der Waals surface area (Å²) in [4.78, 5) is 2.64. The molecule has 4 heteroatoms. The van der Waals surface area contributed by atoms with E-state index in [-0.39, 0.29) is 12.1 Å². The van der Waals surface area contributed by atoms with Gasteiger partial charge in [0.05, 0.1) is 13.2 Å². The summed E-state index contributed by atoms with van der Waals surface area (Å²) in [6.45, 7) is 6.62. The van der Waals surface area contributed by atoms with Crippen LogP contribution in [0.2, 0.25) is 0 Å². The summed E-state index contributed by atoms with van der Waals surface area (Å²) < 4.78 is 5.31. The Hall–Kier alpha value is -0.160. The van der Waals surface area contributed by atoms with Gasteiger partial charge in [0.25, 0.3) is 0 Å². The Kier molecular flexibility index (Phi) is 5.63. The lowest BCUT2D eigenvalue weighted by Crippen LogP contribution is -2.49. The zero-order chi connectivity index (χ0) is 13.7. The van der Waals surface area contributed by atoms with Crippen molar-refractivity contribution in [3.05, 3.63) is 0 Å². The topological polar surface area (TPSA) is 44.7 Å². The highest BCUT2D eigenvalue weighted by Crippen LogP contribution is 2.34. The van der Waals surface area contributed by atoms with E-state index in [4.69, 9.17) is 4.74 Å². The van der Waals surface area contributed by atoms with Gasteiger partial charge in [0, 0.05) is 25.2 Å². The Balaban J connectivity index is 1.89. The summed E-state index contributed by atoms with van der Waals surface area (Å²) >= 11 is 0. The summed E-state index contributed by atoms with van der Waals surface area (Å²) in [7, 11) is 1.80. The van der Waals surface area contributed by atoms with Crippen LogP contribution < -0.4 is 5.32 Å². The lowest BCUT2D eigenvalue weighted by atomic mass is 9.95. The molecule has 4 nitrogen and oxygen atoms in total. The van der Waals surface area contributed by atoms with Crippen molar-refractivity contribution in [1.82, 2.24) is 10.2 Å². The first kappa shape index (κ1) is 15.2. The maximum Gasteiger partial charge on any atom is 0.0613 e. The Labute approximate surface area is 117 Å². The summed E-state index contributed by atoms with van der Waals surface area (Å²) in [5.41, 5.74) is -0.0202. The monoisotopic (exact) mass is 270 g/mol. The van der Waals surface area contributed by atoms with Gasteiger partial charge in [-0.3, -0.25) is 4.90 Å². The van der Waals surface area contributed by atoms with Crippen LogP contribution >= 0.6 is 0 Å². The fraction of sp³-hybridized carbons (Fsp3) is 1.00. The zero-order valence-electron chi connectivity index (χ0n) is 12.5. The van der Waals surface area contributed by atoms with Crippen LogP contribution in [-0.2, 0) is 4.74 Å². The van der Waals surface area contributed by atoms with E-state index in [1.807, 2.05) is 0 Å². The van der Waals surface area contributed by atoms with E-state index in [0.29, 0.717) is 12.0 Å². The molecule has 0 aromatic rings. The Morgan fingerprint density at radius 3 is 2.95 bits per heavy atom. The minimum Gasteiger partial charge on any atom is -0.394 e. The maximum absolute atomic E-state index is 9.70. The van der Waals surface area contributed by atoms with Gasteiger partial charge in [-0.15, -0.1) is 0 Å². The lowest BCUT2D eigenvalue weighted by molar-refractivity contribution is 0.0645. The lowest BCUT2D eigenvalue weighted by Gasteiger charge is -2.37. The number of hydrogen-bond acceptors (Lipinski definition) is 4. The number of methoxy groups -OCH3 is 1.